The van der Waals surface area contributed by atoms with Crippen molar-refractivity contribution in [3.8, 4) is 0 Å². The number of amides is 1. The standard InChI is InChI=1S/C15H20N2O3/c1-2-4-14(18)17-8-6-15(7-9-17)11-12(16-20-15)13-5-3-10-19-13/h3,5,10H,2,4,6-9,11H2,1H3. The van der Waals surface area contributed by atoms with Gasteiger partial charge in [-0.1, -0.05) is 12.1 Å². The van der Waals surface area contributed by atoms with Crippen LogP contribution in [-0.4, -0.2) is 35.2 Å². The smallest absolute Gasteiger partial charge is 0.222 e. The van der Waals surface area contributed by atoms with Gasteiger partial charge < -0.3 is 14.2 Å². The molecule has 1 amide bonds. The van der Waals surface area contributed by atoms with E-state index in [1.54, 1.807) is 6.26 Å². The van der Waals surface area contributed by atoms with Crippen LogP contribution in [-0.2, 0) is 9.63 Å². The van der Waals surface area contributed by atoms with Gasteiger partial charge in [0.15, 0.2) is 5.76 Å². The minimum atomic E-state index is -0.231. The van der Waals surface area contributed by atoms with Crippen molar-refractivity contribution in [3.05, 3.63) is 24.2 Å². The van der Waals surface area contributed by atoms with Gasteiger partial charge >= 0.3 is 0 Å². The van der Waals surface area contributed by atoms with E-state index in [-0.39, 0.29) is 11.5 Å². The summed E-state index contributed by atoms with van der Waals surface area (Å²) in [6, 6.07) is 3.76. The number of furan rings is 1. The van der Waals surface area contributed by atoms with E-state index in [2.05, 4.69) is 5.16 Å². The Balaban J connectivity index is 1.58. The van der Waals surface area contributed by atoms with E-state index in [1.165, 1.54) is 0 Å². The van der Waals surface area contributed by atoms with Gasteiger partial charge in [0, 0.05) is 38.8 Å². The molecule has 0 saturated carbocycles. The van der Waals surface area contributed by atoms with E-state index >= 15 is 0 Å². The lowest BCUT2D eigenvalue weighted by Gasteiger charge is -2.37. The molecule has 1 saturated heterocycles. The van der Waals surface area contributed by atoms with Crippen LogP contribution in [0.1, 0.15) is 44.8 Å². The highest BCUT2D eigenvalue weighted by atomic mass is 16.7. The molecule has 0 aliphatic carbocycles. The van der Waals surface area contributed by atoms with Gasteiger partial charge in [-0.05, 0) is 18.6 Å². The van der Waals surface area contributed by atoms with E-state index in [0.717, 1.165) is 50.2 Å². The predicted octanol–water partition coefficient (Wildman–Crippen LogP) is 2.57. The highest BCUT2D eigenvalue weighted by molar-refractivity contribution is 5.99. The SMILES string of the molecule is CCCC(=O)N1CCC2(CC1)CC(c1ccco1)=NO2. The number of piperidine rings is 1. The molecule has 1 aromatic heterocycles. The first-order valence-electron chi connectivity index (χ1n) is 7.29. The molecule has 0 atom stereocenters. The van der Waals surface area contributed by atoms with Crippen molar-refractivity contribution in [1.29, 1.82) is 0 Å². The minimum absolute atomic E-state index is 0.231. The monoisotopic (exact) mass is 276 g/mol. The predicted molar refractivity (Wildman–Crippen MR) is 74.4 cm³/mol. The Kier molecular flexibility index (Phi) is 3.51. The zero-order valence-electron chi connectivity index (χ0n) is 11.8. The number of carbonyl (C=O) groups excluding carboxylic acids is 1. The van der Waals surface area contributed by atoms with Crippen molar-refractivity contribution in [2.24, 2.45) is 5.16 Å². The first-order valence-corrected chi connectivity index (χ1v) is 7.29. The van der Waals surface area contributed by atoms with Crippen LogP contribution in [0.25, 0.3) is 0 Å². The van der Waals surface area contributed by atoms with Crippen LogP contribution in [0.2, 0.25) is 0 Å². The third-order valence-corrected chi connectivity index (χ3v) is 4.14. The third-order valence-electron chi connectivity index (χ3n) is 4.14. The molecule has 108 valence electrons. The molecule has 1 aromatic rings. The molecule has 0 bridgehead atoms. The number of carbonyl (C=O) groups is 1. The van der Waals surface area contributed by atoms with Gasteiger partial charge in [0.05, 0.1) is 6.26 Å². The van der Waals surface area contributed by atoms with Gasteiger partial charge in [-0.25, -0.2) is 0 Å². The quantitative estimate of drug-likeness (QED) is 0.852. The van der Waals surface area contributed by atoms with Gasteiger partial charge in [-0.15, -0.1) is 0 Å². The van der Waals surface area contributed by atoms with Crippen LogP contribution in [0.5, 0.6) is 0 Å². The lowest BCUT2D eigenvalue weighted by molar-refractivity contribution is -0.136. The highest BCUT2D eigenvalue weighted by Gasteiger charge is 2.43. The molecule has 1 spiro atoms. The largest absolute Gasteiger partial charge is 0.463 e. The fourth-order valence-electron chi connectivity index (χ4n) is 2.90. The lowest BCUT2D eigenvalue weighted by Crippen LogP contribution is -2.46. The fourth-order valence-corrected chi connectivity index (χ4v) is 2.90. The summed E-state index contributed by atoms with van der Waals surface area (Å²) in [6.45, 7) is 3.56. The molecule has 20 heavy (non-hydrogen) atoms. The van der Waals surface area contributed by atoms with Gasteiger partial charge in [0.25, 0.3) is 0 Å². The zero-order chi connectivity index (χ0) is 14.0. The minimum Gasteiger partial charge on any atom is -0.463 e. The van der Waals surface area contributed by atoms with E-state index in [9.17, 15) is 4.79 Å². The molecular weight excluding hydrogens is 256 g/mol. The summed E-state index contributed by atoms with van der Waals surface area (Å²) in [6.07, 6.45) is 5.66. The molecule has 3 heterocycles. The van der Waals surface area contributed by atoms with Crippen molar-refractivity contribution < 1.29 is 14.0 Å². The van der Waals surface area contributed by atoms with Crippen molar-refractivity contribution >= 4 is 11.6 Å². The number of likely N-dealkylation sites (tertiary alicyclic amines) is 1. The van der Waals surface area contributed by atoms with E-state index in [4.69, 9.17) is 9.25 Å². The maximum absolute atomic E-state index is 11.9. The molecule has 1 fully saturated rings. The fraction of sp³-hybridized carbons (Fsp3) is 0.600. The summed E-state index contributed by atoms with van der Waals surface area (Å²) < 4.78 is 5.37. The van der Waals surface area contributed by atoms with Crippen LogP contribution in [0, 0.1) is 0 Å². The Morgan fingerprint density at radius 3 is 2.90 bits per heavy atom. The summed E-state index contributed by atoms with van der Waals surface area (Å²) >= 11 is 0. The van der Waals surface area contributed by atoms with E-state index in [1.807, 2.05) is 24.0 Å². The molecule has 2 aliphatic heterocycles. The van der Waals surface area contributed by atoms with Crippen molar-refractivity contribution in [2.45, 2.75) is 44.6 Å². The number of hydrogen-bond donors (Lipinski definition) is 0. The van der Waals surface area contributed by atoms with Crippen molar-refractivity contribution in [1.82, 2.24) is 4.90 Å². The Morgan fingerprint density at radius 2 is 2.25 bits per heavy atom. The molecule has 2 aliphatic rings. The summed E-state index contributed by atoms with van der Waals surface area (Å²) in [5.41, 5.74) is 0.647. The third kappa shape index (κ3) is 2.44. The molecule has 5 nitrogen and oxygen atoms in total. The Bertz CT molecular complexity index is 499. The zero-order valence-corrected chi connectivity index (χ0v) is 11.8. The topological polar surface area (TPSA) is 55.0 Å². The summed E-state index contributed by atoms with van der Waals surface area (Å²) in [5, 5.41) is 4.18. The first-order chi connectivity index (χ1) is 9.72. The molecule has 0 N–H and O–H groups in total. The summed E-state index contributed by atoms with van der Waals surface area (Å²) in [7, 11) is 0. The van der Waals surface area contributed by atoms with E-state index in [0.29, 0.717) is 6.42 Å². The van der Waals surface area contributed by atoms with E-state index < -0.39 is 0 Å². The van der Waals surface area contributed by atoms with Crippen LogP contribution < -0.4 is 0 Å². The first kappa shape index (κ1) is 13.2. The second kappa shape index (κ2) is 5.31. The molecule has 0 aromatic carbocycles. The maximum Gasteiger partial charge on any atom is 0.222 e. The summed E-state index contributed by atoms with van der Waals surface area (Å²) in [5.74, 6) is 1.04. The average molecular weight is 276 g/mol. The number of nitrogens with zero attached hydrogens (tertiary/aromatic N) is 2. The highest BCUT2D eigenvalue weighted by Crippen LogP contribution is 2.36. The number of oxime groups is 1. The van der Waals surface area contributed by atoms with Crippen LogP contribution in [0.15, 0.2) is 28.0 Å². The number of rotatable bonds is 3. The molecule has 3 rings (SSSR count). The second-order valence-electron chi connectivity index (χ2n) is 5.60. The Morgan fingerprint density at radius 1 is 1.45 bits per heavy atom. The molecule has 0 unspecified atom stereocenters. The lowest BCUT2D eigenvalue weighted by atomic mass is 9.86. The van der Waals surface area contributed by atoms with Gasteiger partial charge in [0.1, 0.15) is 11.3 Å². The maximum atomic E-state index is 11.9. The second-order valence-corrected chi connectivity index (χ2v) is 5.60. The van der Waals surface area contributed by atoms with Crippen molar-refractivity contribution in [3.63, 3.8) is 0 Å². The van der Waals surface area contributed by atoms with Crippen LogP contribution in [0.3, 0.4) is 0 Å². The van der Waals surface area contributed by atoms with Crippen LogP contribution in [0.4, 0.5) is 0 Å². The van der Waals surface area contributed by atoms with Gasteiger partial charge in [0.2, 0.25) is 5.91 Å². The van der Waals surface area contributed by atoms with Gasteiger partial charge in [-0.2, -0.15) is 0 Å². The Hall–Kier alpha value is -1.78. The van der Waals surface area contributed by atoms with Crippen molar-refractivity contribution in [2.75, 3.05) is 13.1 Å². The molecular formula is C15H20N2O3. The molecule has 5 heteroatoms. The number of hydrogen-bond acceptors (Lipinski definition) is 4. The Labute approximate surface area is 118 Å². The van der Waals surface area contributed by atoms with Gasteiger partial charge in [-0.3, -0.25) is 4.79 Å². The normalized spacial score (nSPS) is 20.9. The summed E-state index contributed by atoms with van der Waals surface area (Å²) in [4.78, 5) is 19.5. The average Bonchev–Trinajstić information content (AvgIpc) is 3.10. The van der Waals surface area contributed by atoms with Crippen LogP contribution >= 0.6 is 0 Å². The molecule has 0 radical (unpaired) electrons.